The van der Waals surface area contributed by atoms with Crippen molar-refractivity contribution in [3.63, 3.8) is 0 Å². The number of nitrogens with one attached hydrogen (secondary N) is 1. The molecular weight excluding hydrogens is 396 g/mol. The second kappa shape index (κ2) is 7.02. The van der Waals surface area contributed by atoms with E-state index in [0.717, 1.165) is 30.7 Å². The average Bonchev–Trinajstić information content (AvgIpc) is 3.24. The third kappa shape index (κ3) is 4.00. The molecule has 8 heteroatoms. The van der Waals surface area contributed by atoms with Crippen LogP contribution in [-0.4, -0.2) is 13.2 Å². The zero-order chi connectivity index (χ0) is 20.9. The lowest BCUT2D eigenvalue weighted by Crippen LogP contribution is -2.26. The van der Waals surface area contributed by atoms with Crippen LogP contribution in [0.3, 0.4) is 0 Å². The molecule has 0 aromatic heterocycles. The molecule has 2 aromatic rings. The number of hydrogen-bond donors (Lipinski definition) is 1. The Morgan fingerprint density at radius 2 is 1.55 bits per heavy atom. The van der Waals surface area contributed by atoms with Gasteiger partial charge < -0.3 is 10.1 Å². The minimum Gasteiger partial charge on any atom is -0.376 e. The van der Waals surface area contributed by atoms with Crippen LogP contribution in [0.5, 0.6) is 0 Å². The highest BCUT2D eigenvalue weighted by molar-refractivity contribution is 5.33. The molecule has 4 rings (SSSR count). The van der Waals surface area contributed by atoms with Gasteiger partial charge in [-0.25, -0.2) is 0 Å². The largest absolute Gasteiger partial charge is 0.416 e. The molecular formula is C21H19F6NO. The normalized spacial score (nSPS) is 26.4. The maximum Gasteiger partial charge on any atom is 0.416 e. The van der Waals surface area contributed by atoms with Crippen LogP contribution in [0.4, 0.5) is 26.3 Å². The van der Waals surface area contributed by atoms with Gasteiger partial charge in [0.2, 0.25) is 0 Å². The minimum absolute atomic E-state index is 0.0703. The van der Waals surface area contributed by atoms with Gasteiger partial charge >= 0.3 is 12.4 Å². The Bertz CT molecular complexity index is 847. The van der Waals surface area contributed by atoms with Gasteiger partial charge in [-0.15, -0.1) is 0 Å². The van der Waals surface area contributed by atoms with Crippen LogP contribution >= 0.6 is 0 Å². The molecule has 1 heterocycles. The van der Waals surface area contributed by atoms with Gasteiger partial charge in [0.1, 0.15) is 0 Å². The highest BCUT2D eigenvalue weighted by Gasteiger charge is 2.63. The Morgan fingerprint density at radius 3 is 2.10 bits per heavy atom. The third-order valence-electron chi connectivity index (χ3n) is 5.84. The fourth-order valence-electron chi connectivity index (χ4n) is 4.31. The molecule has 0 unspecified atom stereocenters. The van der Waals surface area contributed by atoms with Gasteiger partial charge in [-0.2, -0.15) is 26.3 Å². The van der Waals surface area contributed by atoms with Gasteiger partial charge in [0.05, 0.1) is 24.3 Å². The summed E-state index contributed by atoms with van der Waals surface area (Å²) in [6.07, 6.45) is -8.79. The van der Waals surface area contributed by atoms with E-state index >= 15 is 0 Å². The molecule has 0 amide bonds. The lowest BCUT2D eigenvalue weighted by atomic mass is 9.91. The molecule has 1 aliphatic heterocycles. The van der Waals surface area contributed by atoms with E-state index in [1.807, 2.05) is 30.3 Å². The van der Waals surface area contributed by atoms with Crippen molar-refractivity contribution in [2.24, 2.45) is 11.3 Å². The number of alkyl halides is 6. The standard InChI is InChI=1S/C21H19F6NO/c22-20(23,24)15-6-13(7-16(8-15)21(25,26)27)11-29-12-19-9-17(19)10-28-18(19)14-4-2-1-3-5-14/h1-8,17-18,28H,9-12H2/t17-,18+,19+/m1/s1. The maximum absolute atomic E-state index is 13.0. The SMILES string of the molecule is FC(F)(F)c1cc(COC[C@@]23C[C@@H]2CN[C@H]3c2ccccc2)cc(C(F)(F)F)c1. The molecule has 2 nitrogen and oxygen atoms in total. The van der Waals surface area contributed by atoms with Gasteiger partial charge in [0.25, 0.3) is 0 Å². The molecule has 0 radical (unpaired) electrons. The number of piperidine rings is 1. The van der Waals surface area contributed by atoms with Crippen LogP contribution < -0.4 is 5.32 Å². The number of halogens is 6. The zero-order valence-electron chi connectivity index (χ0n) is 15.3. The van der Waals surface area contributed by atoms with E-state index in [2.05, 4.69) is 5.32 Å². The lowest BCUT2D eigenvalue weighted by Gasteiger charge is -2.24. The molecule has 2 aliphatic rings. The summed E-state index contributed by atoms with van der Waals surface area (Å²) in [6.45, 7) is 0.801. The summed E-state index contributed by atoms with van der Waals surface area (Å²) in [5.74, 6) is 0.403. The molecule has 0 spiro atoms. The molecule has 1 N–H and O–H groups in total. The van der Waals surface area contributed by atoms with Crippen molar-refractivity contribution in [2.45, 2.75) is 31.4 Å². The van der Waals surface area contributed by atoms with Crippen molar-refractivity contribution in [1.82, 2.24) is 5.32 Å². The molecule has 2 fully saturated rings. The summed E-state index contributed by atoms with van der Waals surface area (Å²) < 4.78 is 83.6. The van der Waals surface area contributed by atoms with Gasteiger partial charge in [-0.05, 0) is 48.2 Å². The van der Waals surface area contributed by atoms with Gasteiger partial charge in [-0.1, -0.05) is 30.3 Å². The minimum atomic E-state index is -4.86. The molecule has 1 saturated heterocycles. The van der Waals surface area contributed by atoms with Gasteiger partial charge in [0.15, 0.2) is 0 Å². The second-order valence-corrected chi connectivity index (χ2v) is 7.79. The van der Waals surface area contributed by atoms with E-state index in [-0.39, 0.29) is 36.3 Å². The molecule has 1 saturated carbocycles. The van der Waals surface area contributed by atoms with Crippen molar-refractivity contribution in [1.29, 1.82) is 0 Å². The Hall–Kier alpha value is -2.06. The van der Waals surface area contributed by atoms with Gasteiger partial charge in [0, 0.05) is 11.5 Å². The van der Waals surface area contributed by atoms with Crippen LogP contribution in [0.25, 0.3) is 0 Å². The first-order chi connectivity index (χ1) is 13.6. The van der Waals surface area contributed by atoms with E-state index in [1.165, 1.54) is 0 Å². The summed E-state index contributed by atoms with van der Waals surface area (Å²) in [4.78, 5) is 0. The Labute approximate surface area is 163 Å². The van der Waals surface area contributed by atoms with E-state index in [0.29, 0.717) is 5.92 Å². The molecule has 2 aromatic carbocycles. The number of benzene rings is 2. The van der Waals surface area contributed by atoms with Crippen molar-refractivity contribution < 1.29 is 31.1 Å². The Kier molecular flexibility index (Phi) is 4.90. The van der Waals surface area contributed by atoms with Crippen molar-refractivity contribution in [2.75, 3.05) is 13.2 Å². The molecule has 3 atom stereocenters. The topological polar surface area (TPSA) is 21.3 Å². The quantitative estimate of drug-likeness (QED) is 0.643. The Balaban J connectivity index is 1.48. The predicted molar refractivity (Wildman–Crippen MR) is 93.8 cm³/mol. The van der Waals surface area contributed by atoms with Gasteiger partial charge in [-0.3, -0.25) is 0 Å². The number of rotatable bonds is 5. The highest BCUT2D eigenvalue weighted by atomic mass is 19.4. The molecule has 0 bridgehead atoms. The predicted octanol–water partition coefficient (Wildman–Crippen LogP) is 5.59. The van der Waals surface area contributed by atoms with Crippen LogP contribution in [0.2, 0.25) is 0 Å². The summed E-state index contributed by atoms with van der Waals surface area (Å²) in [5.41, 5.74) is -1.83. The maximum atomic E-state index is 13.0. The van der Waals surface area contributed by atoms with Crippen LogP contribution in [-0.2, 0) is 23.7 Å². The monoisotopic (exact) mass is 415 g/mol. The smallest absolute Gasteiger partial charge is 0.376 e. The zero-order valence-corrected chi connectivity index (χ0v) is 15.3. The third-order valence-corrected chi connectivity index (χ3v) is 5.84. The highest BCUT2D eigenvalue weighted by Crippen LogP contribution is 2.63. The number of fused-ring (bicyclic) bond motifs is 1. The average molecular weight is 415 g/mol. The van der Waals surface area contributed by atoms with Crippen molar-refractivity contribution in [3.05, 3.63) is 70.8 Å². The number of hydrogen-bond acceptors (Lipinski definition) is 2. The molecule has 29 heavy (non-hydrogen) atoms. The van der Waals surface area contributed by atoms with Crippen LogP contribution in [0, 0.1) is 11.3 Å². The van der Waals surface area contributed by atoms with E-state index in [1.54, 1.807) is 0 Å². The van der Waals surface area contributed by atoms with E-state index in [4.69, 9.17) is 4.74 Å². The summed E-state index contributed by atoms with van der Waals surface area (Å²) >= 11 is 0. The first-order valence-corrected chi connectivity index (χ1v) is 9.24. The fraction of sp³-hybridized carbons (Fsp3) is 0.429. The first kappa shape index (κ1) is 20.2. The van der Waals surface area contributed by atoms with Crippen LogP contribution in [0.1, 0.15) is 34.7 Å². The van der Waals surface area contributed by atoms with Crippen LogP contribution in [0.15, 0.2) is 48.5 Å². The summed E-state index contributed by atoms with van der Waals surface area (Å²) in [7, 11) is 0. The van der Waals surface area contributed by atoms with Crippen molar-refractivity contribution >= 4 is 0 Å². The molecule has 1 aliphatic carbocycles. The van der Waals surface area contributed by atoms with E-state index < -0.39 is 23.5 Å². The Morgan fingerprint density at radius 1 is 0.931 bits per heavy atom. The lowest BCUT2D eigenvalue weighted by molar-refractivity contribution is -0.143. The molecule has 156 valence electrons. The van der Waals surface area contributed by atoms with E-state index in [9.17, 15) is 26.3 Å². The van der Waals surface area contributed by atoms with Crippen molar-refractivity contribution in [3.8, 4) is 0 Å². The fourth-order valence-corrected chi connectivity index (χ4v) is 4.31. The summed E-state index contributed by atoms with van der Waals surface area (Å²) in [6, 6.07) is 11.4. The number of ether oxygens (including phenoxy) is 1. The summed E-state index contributed by atoms with van der Waals surface area (Å²) in [5, 5.41) is 3.44. The second-order valence-electron chi connectivity index (χ2n) is 7.79. The first-order valence-electron chi connectivity index (χ1n) is 9.24.